The van der Waals surface area contributed by atoms with Crippen LogP contribution in [0.15, 0.2) is 24.8 Å². The molecule has 2 rings (SSSR count). The Morgan fingerprint density at radius 2 is 2.12 bits per heavy atom. The van der Waals surface area contributed by atoms with E-state index in [1.54, 1.807) is 0 Å². The van der Waals surface area contributed by atoms with E-state index in [0.29, 0.717) is 5.70 Å². The highest BCUT2D eigenvalue weighted by Gasteiger charge is 2.21. The summed E-state index contributed by atoms with van der Waals surface area (Å²) in [5, 5.41) is 6.06. The molecule has 1 aromatic rings. The average Bonchev–Trinajstić information content (AvgIpc) is 2.61. The van der Waals surface area contributed by atoms with E-state index < -0.39 is 0 Å². The summed E-state index contributed by atoms with van der Waals surface area (Å²) >= 11 is 0. The molecule has 0 spiro atoms. The zero-order chi connectivity index (χ0) is 12.3. The summed E-state index contributed by atoms with van der Waals surface area (Å²) in [5.74, 6) is -0.0535. The number of amides is 1. The van der Waals surface area contributed by atoms with E-state index in [-0.39, 0.29) is 5.91 Å². The fourth-order valence-electron chi connectivity index (χ4n) is 1.98. The van der Waals surface area contributed by atoms with Crippen molar-refractivity contribution in [3.8, 4) is 0 Å². The summed E-state index contributed by atoms with van der Waals surface area (Å²) in [6.07, 6.45) is 3.61. The van der Waals surface area contributed by atoms with Crippen molar-refractivity contribution >= 4 is 17.3 Å². The number of anilines is 1. The summed E-state index contributed by atoms with van der Waals surface area (Å²) in [7, 11) is 0. The zero-order valence-corrected chi connectivity index (χ0v) is 10.2. The van der Waals surface area contributed by atoms with Gasteiger partial charge in [-0.1, -0.05) is 32.4 Å². The fraction of sp³-hybridized carbons (Fsp3) is 0.357. The molecule has 3 heteroatoms. The first-order valence-corrected chi connectivity index (χ1v) is 6.11. The molecule has 17 heavy (non-hydrogen) atoms. The van der Waals surface area contributed by atoms with Crippen LogP contribution in [0.5, 0.6) is 0 Å². The van der Waals surface area contributed by atoms with Gasteiger partial charge in [-0.15, -0.1) is 0 Å². The van der Waals surface area contributed by atoms with E-state index in [1.165, 1.54) is 12.8 Å². The molecule has 90 valence electrons. The van der Waals surface area contributed by atoms with Crippen molar-refractivity contribution in [2.45, 2.75) is 26.2 Å². The van der Waals surface area contributed by atoms with Crippen molar-refractivity contribution in [2.24, 2.45) is 0 Å². The van der Waals surface area contributed by atoms with Gasteiger partial charge < -0.3 is 10.6 Å². The summed E-state index contributed by atoms with van der Waals surface area (Å²) < 4.78 is 0. The number of nitrogens with one attached hydrogen (secondary N) is 2. The molecule has 0 fully saturated rings. The first kappa shape index (κ1) is 11.7. The second kappa shape index (κ2) is 5.04. The van der Waals surface area contributed by atoms with Gasteiger partial charge in [-0.05, 0) is 18.6 Å². The minimum atomic E-state index is -0.0535. The predicted octanol–water partition coefficient (Wildman–Crippen LogP) is 3.00. The molecule has 1 aliphatic rings. The van der Waals surface area contributed by atoms with Crippen LogP contribution in [0, 0.1) is 0 Å². The third kappa shape index (κ3) is 2.49. The molecular weight excluding hydrogens is 212 g/mol. The highest BCUT2D eigenvalue weighted by Crippen LogP contribution is 2.25. The molecule has 0 bridgehead atoms. The molecule has 0 atom stereocenters. The van der Waals surface area contributed by atoms with Gasteiger partial charge in [0.2, 0.25) is 0 Å². The van der Waals surface area contributed by atoms with Crippen LogP contribution in [0.3, 0.4) is 0 Å². The Labute approximate surface area is 102 Å². The number of benzene rings is 1. The number of rotatable bonds is 5. The summed E-state index contributed by atoms with van der Waals surface area (Å²) in [6, 6.07) is 5.84. The lowest BCUT2D eigenvalue weighted by Gasteiger charge is -2.07. The number of hydrogen-bond acceptors (Lipinski definition) is 2. The van der Waals surface area contributed by atoms with Crippen molar-refractivity contribution < 1.29 is 4.79 Å². The Morgan fingerprint density at radius 3 is 2.88 bits per heavy atom. The molecule has 0 aliphatic carbocycles. The second-order valence-electron chi connectivity index (χ2n) is 4.33. The Kier molecular flexibility index (Phi) is 3.47. The lowest BCUT2D eigenvalue weighted by atomic mass is 10.1. The number of hydrogen-bond donors (Lipinski definition) is 2. The Bertz CT molecular complexity index is 452. The number of carbonyl (C=O) groups excluding carboxylic acids is 1. The molecule has 3 nitrogen and oxygen atoms in total. The minimum Gasteiger partial charge on any atom is -0.385 e. The quantitative estimate of drug-likeness (QED) is 0.763. The molecule has 1 aliphatic heterocycles. The van der Waals surface area contributed by atoms with Crippen LogP contribution >= 0.6 is 0 Å². The largest absolute Gasteiger partial charge is 0.385 e. The second-order valence-corrected chi connectivity index (χ2v) is 4.33. The van der Waals surface area contributed by atoms with Gasteiger partial charge in [-0.3, -0.25) is 4.79 Å². The van der Waals surface area contributed by atoms with E-state index in [4.69, 9.17) is 0 Å². The first-order valence-electron chi connectivity index (χ1n) is 6.11. The van der Waals surface area contributed by atoms with Crippen molar-refractivity contribution in [3.05, 3.63) is 35.9 Å². The smallest absolute Gasteiger partial charge is 0.256 e. The first-order chi connectivity index (χ1) is 8.22. The van der Waals surface area contributed by atoms with Gasteiger partial charge in [0.25, 0.3) is 5.91 Å². The third-order valence-electron chi connectivity index (χ3n) is 2.96. The van der Waals surface area contributed by atoms with Crippen molar-refractivity contribution in [2.75, 3.05) is 11.9 Å². The van der Waals surface area contributed by atoms with Gasteiger partial charge >= 0.3 is 0 Å². The molecule has 1 heterocycles. The van der Waals surface area contributed by atoms with Crippen molar-refractivity contribution in [1.82, 2.24) is 5.32 Å². The highest BCUT2D eigenvalue weighted by molar-refractivity contribution is 6.09. The van der Waals surface area contributed by atoms with Gasteiger partial charge in [0.05, 0.1) is 5.56 Å². The van der Waals surface area contributed by atoms with Crippen molar-refractivity contribution in [1.29, 1.82) is 0 Å². The van der Waals surface area contributed by atoms with E-state index in [9.17, 15) is 4.79 Å². The van der Waals surface area contributed by atoms with Crippen LogP contribution < -0.4 is 10.6 Å². The molecule has 0 unspecified atom stereocenters. The summed E-state index contributed by atoms with van der Waals surface area (Å²) in [5.41, 5.74) is 3.33. The lowest BCUT2D eigenvalue weighted by Crippen LogP contribution is -2.11. The van der Waals surface area contributed by atoms with E-state index in [2.05, 4.69) is 24.1 Å². The monoisotopic (exact) mass is 230 g/mol. The summed E-state index contributed by atoms with van der Waals surface area (Å²) in [6.45, 7) is 6.95. The number of carbonyl (C=O) groups is 1. The van der Waals surface area contributed by atoms with Crippen LogP contribution in [-0.2, 0) is 0 Å². The molecule has 0 radical (unpaired) electrons. The van der Waals surface area contributed by atoms with Gasteiger partial charge in [0.1, 0.15) is 0 Å². The van der Waals surface area contributed by atoms with E-state index in [0.717, 1.165) is 29.8 Å². The van der Waals surface area contributed by atoms with Crippen LogP contribution in [0.4, 0.5) is 5.69 Å². The molecule has 1 aromatic carbocycles. The Balaban J connectivity index is 2.04. The fourth-order valence-corrected chi connectivity index (χ4v) is 1.98. The maximum Gasteiger partial charge on any atom is 0.256 e. The topological polar surface area (TPSA) is 41.1 Å². The van der Waals surface area contributed by atoms with Gasteiger partial charge in [-0.2, -0.15) is 0 Å². The van der Waals surface area contributed by atoms with Crippen molar-refractivity contribution in [3.63, 3.8) is 0 Å². The third-order valence-corrected chi connectivity index (χ3v) is 2.96. The summed E-state index contributed by atoms with van der Waals surface area (Å²) in [4.78, 5) is 11.6. The van der Waals surface area contributed by atoms with Crippen LogP contribution in [0.25, 0.3) is 5.70 Å². The zero-order valence-electron chi connectivity index (χ0n) is 10.2. The minimum absolute atomic E-state index is 0.0535. The van der Waals surface area contributed by atoms with Crippen LogP contribution in [0.1, 0.15) is 42.1 Å². The molecule has 0 saturated carbocycles. The molecule has 1 amide bonds. The SMILES string of the molecule is C=C1NC(=O)c2cc(NCCCCC)ccc21. The van der Waals surface area contributed by atoms with Crippen LogP contribution in [0.2, 0.25) is 0 Å². The standard InChI is InChI=1S/C14H18N2O/c1-3-4-5-8-15-11-6-7-12-10(2)16-14(17)13(12)9-11/h6-7,9,15H,2-5,8H2,1H3,(H,16,17). The van der Waals surface area contributed by atoms with Gasteiger partial charge in [0.15, 0.2) is 0 Å². The average molecular weight is 230 g/mol. The van der Waals surface area contributed by atoms with Gasteiger partial charge in [0, 0.05) is 23.5 Å². The molecular formula is C14H18N2O. The Morgan fingerprint density at radius 1 is 1.29 bits per heavy atom. The van der Waals surface area contributed by atoms with E-state index >= 15 is 0 Å². The molecule has 0 aromatic heterocycles. The van der Waals surface area contributed by atoms with Gasteiger partial charge in [-0.25, -0.2) is 0 Å². The van der Waals surface area contributed by atoms with Crippen LogP contribution in [-0.4, -0.2) is 12.5 Å². The maximum atomic E-state index is 11.6. The number of fused-ring (bicyclic) bond motifs is 1. The molecule has 2 N–H and O–H groups in total. The molecule has 0 saturated heterocycles. The lowest BCUT2D eigenvalue weighted by molar-refractivity contribution is 0.0981. The highest BCUT2D eigenvalue weighted by atomic mass is 16.1. The normalized spacial score (nSPS) is 13.5. The predicted molar refractivity (Wildman–Crippen MR) is 71.0 cm³/mol. The Hall–Kier alpha value is -1.77. The maximum absolute atomic E-state index is 11.6. The number of unbranched alkanes of at least 4 members (excludes halogenated alkanes) is 2. The van der Waals surface area contributed by atoms with E-state index in [1.807, 2.05) is 18.2 Å².